The van der Waals surface area contributed by atoms with Gasteiger partial charge in [-0.3, -0.25) is 9.69 Å². The third-order valence-electron chi connectivity index (χ3n) is 5.01. The number of carbonyl (C=O) groups excluding carboxylic acids is 1. The largest absolute Gasteiger partial charge is 0.350 e. The molecule has 1 aliphatic rings. The summed E-state index contributed by atoms with van der Waals surface area (Å²) in [4.78, 5) is 15.1. The highest BCUT2D eigenvalue weighted by Gasteiger charge is 2.24. The molecule has 7 heteroatoms. The van der Waals surface area contributed by atoms with Gasteiger partial charge in [-0.15, -0.1) is 6.42 Å². The van der Waals surface area contributed by atoms with Crippen molar-refractivity contribution in [1.82, 2.24) is 14.9 Å². The van der Waals surface area contributed by atoms with E-state index in [4.69, 9.17) is 6.42 Å². The summed E-state index contributed by atoms with van der Waals surface area (Å²) in [6, 6.07) is 16.1. The van der Waals surface area contributed by atoms with Crippen molar-refractivity contribution in [3.63, 3.8) is 0 Å². The zero-order valence-electron chi connectivity index (χ0n) is 16.2. The number of rotatable bonds is 8. The molecule has 1 unspecified atom stereocenters. The minimum atomic E-state index is -3.67. The van der Waals surface area contributed by atoms with E-state index in [1.165, 1.54) is 42.7 Å². The quantitative estimate of drug-likeness (QED) is 0.653. The minimum absolute atomic E-state index is 0.0727. The lowest BCUT2D eigenvalue weighted by atomic mass is 10.1. The molecular formula is C22H25N3O3S. The molecule has 0 aromatic heterocycles. The van der Waals surface area contributed by atoms with Crippen LogP contribution in [0.3, 0.4) is 0 Å². The van der Waals surface area contributed by atoms with Gasteiger partial charge in [0.2, 0.25) is 10.0 Å². The Kier molecular flexibility index (Phi) is 7.04. The predicted molar refractivity (Wildman–Crippen MR) is 113 cm³/mol. The number of sulfonamides is 1. The molecule has 0 saturated carbocycles. The Balaban J connectivity index is 1.66. The van der Waals surface area contributed by atoms with Crippen LogP contribution in [-0.4, -0.2) is 45.4 Å². The van der Waals surface area contributed by atoms with Crippen LogP contribution < -0.4 is 10.0 Å². The van der Waals surface area contributed by atoms with Crippen molar-refractivity contribution in [2.45, 2.75) is 23.8 Å². The van der Waals surface area contributed by atoms with E-state index in [1.807, 2.05) is 18.2 Å². The maximum atomic E-state index is 12.6. The summed E-state index contributed by atoms with van der Waals surface area (Å²) >= 11 is 0. The smallest absolute Gasteiger partial charge is 0.251 e. The summed E-state index contributed by atoms with van der Waals surface area (Å²) in [5, 5.41) is 2.99. The topological polar surface area (TPSA) is 78.5 Å². The first-order valence-electron chi connectivity index (χ1n) is 9.61. The van der Waals surface area contributed by atoms with Gasteiger partial charge in [-0.2, -0.15) is 4.72 Å². The Morgan fingerprint density at radius 2 is 1.72 bits per heavy atom. The zero-order chi connectivity index (χ0) is 20.7. The van der Waals surface area contributed by atoms with Crippen LogP contribution in [0.5, 0.6) is 0 Å². The van der Waals surface area contributed by atoms with Gasteiger partial charge in [-0.25, -0.2) is 8.42 Å². The van der Waals surface area contributed by atoms with E-state index in [-0.39, 0.29) is 23.4 Å². The third kappa shape index (κ3) is 5.45. The van der Waals surface area contributed by atoms with E-state index in [9.17, 15) is 13.2 Å². The molecule has 0 radical (unpaired) electrons. The van der Waals surface area contributed by atoms with Crippen LogP contribution >= 0.6 is 0 Å². The average Bonchev–Trinajstić information content (AvgIpc) is 3.28. The fourth-order valence-corrected chi connectivity index (χ4v) is 4.42. The maximum Gasteiger partial charge on any atom is 0.251 e. The molecule has 1 saturated heterocycles. The van der Waals surface area contributed by atoms with Crippen molar-refractivity contribution in [1.29, 1.82) is 0 Å². The van der Waals surface area contributed by atoms with Crippen molar-refractivity contribution in [2.24, 2.45) is 0 Å². The first kappa shape index (κ1) is 21.1. The molecule has 0 aliphatic carbocycles. The number of benzene rings is 2. The molecule has 3 rings (SSSR count). The molecular weight excluding hydrogens is 386 g/mol. The van der Waals surface area contributed by atoms with Crippen LogP contribution in [0.2, 0.25) is 0 Å². The number of carbonyl (C=O) groups is 1. The van der Waals surface area contributed by atoms with Crippen LogP contribution in [0, 0.1) is 12.3 Å². The Hall–Kier alpha value is -2.66. The highest BCUT2D eigenvalue weighted by Crippen LogP contribution is 2.24. The Labute approximate surface area is 172 Å². The van der Waals surface area contributed by atoms with Crippen molar-refractivity contribution < 1.29 is 13.2 Å². The predicted octanol–water partition coefficient (Wildman–Crippen LogP) is 2.16. The number of amides is 1. The summed E-state index contributed by atoms with van der Waals surface area (Å²) in [5.74, 6) is 2.00. The summed E-state index contributed by atoms with van der Waals surface area (Å²) in [6.45, 7) is 2.45. The van der Waals surface area contributed by atoms with Gasteiger partial charge in [0.1, 0.15) is 0 Å². The summed E-state index contributed by atoms with van der Waals surface area (Å²) < 4.78 is 26.4. The molecule has 1 aliphatic heterocycles. The van der Waals surface area contributed by atoms with Gasteiger partial charge < -0.3 is 5.32 Å². The molecule has 1 amide bonds. The summed E-state index contributed by atoms with van der Waals surface area (Å²) in [6.07, 6.45) is 7.42. The highest BCUT2D eigenvalue weighted by molar-refractivity contribution is 7.89. The second-order valence-corrected chi connectivity index (χ2v) is 8.70. The van der Waals surface area contributed by atoms with Crippen LogP contribution in [0.1, 0.15) is 34.8 Å². The lowest BCUT2D eigenvalue weighted by Crippen LogP contribution is -2.36. The van der Waals surface area contributed by atoms with E-state index in [0.717, 1.165) is 13.1 Å². The minimum Gasteiger partial charge on any atom is -0.350 e. The van der Waals surface area contributed by atoms with Gasteiger partial charge in [-0.1, -0.05) is 36.3 Å². The van der Waals surface area contributed by atoms with E-state index in [1.54, 1.807) is 0 Å². The van der Waals surface area contributed by atoms with E-state index in [0.29, 0.717) is 12.1 Å². The summed E-state index contributed by atoms with van der Waals surface area (Å²) in [5.41, 5.74) is 1.59. The number of nitrogens with zero attached hydrogens (tertiary/aromatic N) is 1. The zero-order valence-corrected chi connectivity index (χ0v) is 17.0. The molecule has 1 heterocycles. The van der Waals surface area contributed by atoms with Crippen LogP contribution in [-0.2, 0) is 10.0 Å². The number of hydrogen-bond donors (Lipinski definition) is 2. The molecule has 0 spiro atoms. The third-order valence-corrected chi connectivity index (χ3v) is 6.43. The SMILES string of the molecule is C#CCNS(=O)(=O)c1ccc(C(=O)NCC(c2ccccc2)N2CCCC2)cc1. The molecule has 1 fully saturated rings. The van der Waals surface area contributed by atoms with Gasteiger partial charge in [0, 0.05) is 12.1 Å². The fraction of sp³-hybridized carbons (Fsp3) is 0.318. The number of nitrogens with one attached hydrogen (secondary N) is 2. The fourth-order valence-electron chi connectivity index (χ4n) is 3.48. The standard InChI is InChI=1S/C22H25N3O3S/c1-2-14-24-29(27,28)20-12-10-19(11-13-20)22(26)23-17-21(25-15-6-7-16-25)18-8-4-3-5-9-18/h1,3-5,8-13,21,24H,6-7,14-17H2,(H,23,26). The summed E-state index contributed by atoms with van der Waals surface area (Å²) in [7, 11) is -3.67. The second-order valence-electron chi connectivity index (χ2n) is 6.93. The Morgan fingerprint density at radius 1 is 1.07 bits per heavy atom. The molecule has 0 bridgehead atoms. The van der Waals surface area contributed by atoms with Gasteiger partial charge in [0.15, 0.2) is 0 Å². The van der Waals surface area contributed by atoms with Gasteiger partial charge in [-0.05, 0) is 55.8 Å². The molecule has 2 aromatic rings. The van der Waals surface area contributed by atoms with Crippen molar-refractivity contribution in [3.8, 4) is 12.3 Å². The monoisotopic (exact) mass is 411 g/mol. The second kappa shape index (κ2) is 9.70. The van der Waals surface area contributed by atoms with E-state index >= 15 is 0 Å². The molecule has 6 nitrogen and oxygen atoms in total. The van der Waals surface area contributed by atoms with Crippen LogP contribution in [0.15, 0.2) is 59.5 Å². The molecule has 29 heavy (non-hydrogen) atoms. The first-order chi connectivity index (χ1) is 14.0. The number of likely N-dealkylation sites (tertiary alicyclic amines) is 1. The first-order valence-corrected chi connectivity index (χ1v) is 11.1. The molecule has 2 aromatic carbocycles. The van der Waals surface area contributed by atoms with Crippen LogP contribution in [0.25, 0.3) is 0 Å². The maximum absolute atomic E-state index is 12.6. The van der Waals surface area contributed by atoms with Crippen molar-refractivity contribution in [3.05, 3.63) is 65.7 Å². The number of terminal acetylenes is 1. The lowest BCUT2D eigenvalue weighted by Gasteiger charge is -2.28. The van der Waals surface area contributed by atoms with Gasteiger partial charge in [0.25, 0.3) is 5.91 Å². The van der Waals surface area contributed by atoms with Crippen molar-refractivity contribution >= 4 is 15.9 Å². The van der Waals surface area contributed by atoms with Gasteiger partial charge >= 0.3 is 0 Å². The molecule has 1 atom stereocenters. The van der Waals surface area contributed by atoms with Crippen LogP contribution in [0.4, 0.5) is 0 Å². The Bertz CT molecular complexity index is 961. The average molecular weight is 412 g/mol. The molecule has 2 N–H and O–H groups in total. The van der Waals surface area contributed by atoms with Gasteiger partial charge in [0.05, 0.1) is 17.5 Å². The normalized spacial score (nSPS) is 15.6. The highest BCUT2D eigenvalue weighted by atomic mass is 32.2. The number of hydrogen-bond acceptors (Lipinski definition) is 4. The Morgan fingerprint density at radius 3 is 2.34 bits per heavy atom. The van der Waals surface area contributed by atoms with E-state index in [2.05, 4.69) is 33.0 Å². The van der Waals surface area contributed by atoms with Crippen molar-refractivity contribution in [2.75, 3.05) is 26.2 Å². The molecule has 152 valence electrons. The lowest BCUT2D eigenvalue weighted by molar-refractivity contribution is 0.0938. The van der Waals surface area contributed by atoms with E-state index < -0.39 is 10.0 Å².